The van der Waals surface area contributed by atoms with Gasteiger partial charge in [-0.3, -0.25) is 5.10 Å². The van der Waals surface area contributed by atoms with Crippen molar-refractivity contribution in [1.82, 2.24) is 25.0 Å². The Morgan fingerprint density at radius 1 is 1.08 bits per heavy atom. The summed E-state index contributed by atoms with van der Waals surface area (Å²) in [5.41, 5.74) is 0.789. The molecule has 2 N–H and O–H groups in total. The molecule has 5 aliphatic rings. The maximum atomic E-state index is 13.0. The van der Waals surface area contributed by atoms with Crippen LogP contribution in [0.4, 0.5) is 4.79 Å². The molecule has 36 heavy (non-hydrogen) atoms. The van der Waals surface area contributed by atoms with Gasteiger partial charge in [0.25, 0.3) is 0 Å². The molecular formula is C26H33N5O4S. The molecule has 3 aliphatic carbocycles. The molecule has 2 amide bonds. The monoisotopic (exact) mass is 511 g/mol. The number of carbonyl (C=O) groups is 1. The molecule has 192 valence electrons. The molecule has 9 nitrogen and oxygen atoms in total. The van der Waals surface area contributed by atoms with E-state index in [1.54, 1.807) is 12.1 Å². The number of nitrogens with zero attached hydrogens (tertiary/aromatic N) is 4. The Labute approximate surface area is 211 Å². The van der Waals surface area contributed by atoms with Gasteiger partial charge in [0.2, 0.25) is 0 Å². The van der Waals surface area contributed by atoms with Gasteiger partial charge in [-0.25, -0.2) is 18.2 Å². The molecule has 3 heterocycles. The van der Waals surface area contributed by atoms with Crippen LogP contribution in [0.1, 0.15) is 61.7 Å². The normalized spacial score (nSPS) is 25.7. The molecular weight excluding hydrogens is 478 g/mol. The van der Waals surface area contributed by atoms with Crippen LogP contribution in [0, 0.1) is 16.7 Å². The maximum absolute atomic E-state index is 13.0. The van der Waals surface area contributed by atoms with Crippen LogP contribution in [0.5, 0.6) is 0 Å². The number of likely N-dealkylation sites (tertiary alicyclic amines) is 2. The number of aromatic amines is 1. The van der Waals surface area contributed by atoms with Crippen molar-refractivity contribution in [3.63, 3.8) is 0 Å². The first-order valence-corrected chi connectivity index (χ1v) is 14.9. The highest BCUT2D eigenvalue weighted by Crippen LogP contribution is 2.57. The van der Waals surface area contributed by atoms with Crippen LogP contribution in [-0.2, 0) is 21.9 Å². The molecule has 3 saturated carbocycles. The van der Waals surface area contributed by atoms with E-state index in [-0.39, 0.29) is 16.9 Å². The van der Waals surface area contributed by atoms with Gasteiger partial charge in [0, 0.05) is 49.2 Å². The fraction of sp³-hybridized carbons (Fsp3) is 0.654. The third-order valence-electron chi connectivity index (χ3n) is 9.33. The molecule has 10 heteroatoms. The lowest BCUT2D eigenvalue weighted by molar-refractivity contribution is -0.100. The largest absolute Gasteiger partial charge is 0.382 e. The Balaban J connectivity index is 0.855. The Morgan fingerprint density at radius 2 is 1.72 bits per heavy atom. The number of aliphatic hydroxyl groups is 1. The van der Waals surface area contributed by atoms with Crippen molar-refractivity contribution >= 4 is 15.9 Å². The van der Waals surface area contributed by atoms with Crippen molar-refractivity contribution in [3.05, 3.63) is 41.5 Å². The zero-order chi connectivity index (χ0) is 24.9. The summed E-state index contributed by atoms with van der Waals surface area (Å²) < 4.78 is 23.6. The topological polar surface area (TPSA) is 119 Å². The number of amides is 2. The lowest BCUT2D eigenvalue weighted by Crippen LogP contribution is -2.70. The number of benzene rings is 1. The molecule has 2 aromatic rings. The Morgan fingerprint density at radius 3 is 2.33 bits per heavy atom. The van der Waals surface area contributed by atoms with Gasteiger partial charge in [0.1, 0.15) is 11.4 Å². The quantitative estimate of drug-likeness (QED) is 0.636. The highest BCUT2D eigenvalue weighted by Gasteiger charge is 2.59. The van der Waals surface area contributed by atoms with E-state index in [4.69, 9.17) is 0 Å². The number of rotatable bonds is 5. The molecule has 1 aromatic carbocycles. The third kappa shape index (κ3) is 3.67. The van der Waals surface area contributed by atoms with Gasteiger partial charge in [-0.15, -0.1) is 0 Å². The molecule has 2 spiro atoms. The van der Waals surface area contributed by atoms with Crippen LogP contribution >= 0.6 is 0 Å². The molecule has 0 radical (unpaired) electrons. The molecule has 7 rings (SSSR count). The first kappa shape index (κ1) is 22.7. The number of carbonyl (C=O) groups excluding carboxylic acids is 1. The van der Waals surface area contributed by atoms with Crippen molar-refractivity contribution in [3.8, 4) is 0 Å². The van der Waals surface area contributed by atoms with Gasteiger partial charge in [-0.05, 0) is 68.6 Å². The standard InChI is InChI=1S/C26H33N5O4S/c1-36(34,35)20-4-2-3-17(8-20)7-18-9-24(10-18)13-30(14-24)23(32)31-15-25(16-31)11-19(12-25)21-27-22(29-28-21)26(33)5-6-26/h2-4,8,18-19,33H,5-7,9-16H2,1H3,(H,27,28,29). The molecule has 1 aromatic heterocycles. The van der Waals surface area contributed by atoms with Crippen LogP contribution in [0.25, 0.3) is 0 Å². The highest BCUT2D eigenvalue weighted by atomic mass is 32.2. The van der Waals surface area contributed by atoms with E-state index in [1.165, 1.54) is 6.26 Å². The summed E-state index contributed by atoms with van der Waals surface area (Å²) in [6, 6.07) is 7.48. The van der Waals surface area contributed by atoms with E-state index in [9.17, 15) is 18.3 Å². The molecule has 2 aliphatic heterocycles. The number of hydrogen-bond acceptors (Lipinski definition) is 6. The molecule has 5 fully saturated rings. The van der Waals surface area contributed by atoms with Gasteiger partial charge < -0.3 is 14.9 Å². The molecule has 0 atom stereocenters. The second kappa shape index (κ2) is 7.31. The minimum atomic E-state index is -3.18. The Bertz CT molecular complexity index is 1320. The average molecular weight is 512 g/mol. The van der Waals surface area contributed by atoms with Gasteiger partial charge in [0.15, 0.2) is 15.7 Å². The third-order valence-corrected chi connectivity index (χ3v) is 10.4. The number of nitrogens with one attached hydrogen (secondary N) is 1. The summed E-state index contributed by atoms with van der Waals surface area (Å²) in [5.74, 6) is 2.33. The SMILES string of the molecule is CS(=O)(=O)c1cccc(CC2CC3(C2)CN(C(=O)N2CC4(CC(c5nc(C6(O)CC6)n[nH]5)C4)C2)C3)c1. The number of hydrogen-bond donors (Lipinski definition) is 2. The smallest absolute Gasteiger partial charge is 0.320 e. The van der Waals surface area contributed by atoms with Gasteiger partial charge in [-0.1, -0.05) is 12.1 Å². The van der Waals surface area contributed by atoms with Crippen LogP contribution in [-0.4, -0.2) is 77.0 Å². The Kier molecular flexibility index (Phi) is 4.61. The van der Waals surface area contributed by atoms with E-state index in [2.05, 4.69) is 15.2 Å². The summed E-state index contributed by atoms with van der Waals surface area (Å²) in [6.07, 6.45) is 7.91. The van der Waals surface area contributed by atoms with E-state index < -0.39 is 15.4 Å². The van der Waals surface area contributed by atoms with Crippen molar-refractivity contribution in [1.29, 1.82) is 0 Å². The maximum Gasteiger partial charge on any atom is 0.320 e. The van der Waals surface area contributed by atoms with Crippen LogP contribution in [0.3, 0.4) is 0 Å². The first-order chi connectivity index (χ1) is 17.0. The van der Waals surface area contributed by atoms with Crippen LogP contribution in [0.15, 0.2) is 29.2 Å². The van der Waals surface area contributed by atoms with Crippen molar-refractivity contribution in [2.45, 2.75) is 61.4 Å². The molecule has 0 bridgehead atoms. The Hall–Kier alpha value is -2.46. The van der Waals surface area contributed by atoms with Crippen molar-refractivity contribution < 1.29 is 18.3 Å². The summed E-state index contributed by atoms with van der Waals surface area (Å²) in [6.45, 7) is 3.36. The number of H-pyrrole nitrogens is 1. The summed E-state index contributed by atoms with van der Waals surface area (Å²) in [4.78, 5) is 21.9. The summed E-state index contributed by atoms with van der Waals surface area (Å²) >= 11 is 0. The summed E-state index contributed by atoms with van der Waals surface area (Å²) in [7, 11) is -3.18. The van der Waals surface area contributed by atoms with Crippen molar-refractivity contribution in [2.75, 3.05) is 32.4 Å². The van der Waals surface area contributed by atoms with Crippen LogP contribution < -0.4 is 0 Å². The minimum absolute atomic E-state index is 0.178. The predicted molar refractivity (Wildman–Crippen MR) is 131 cm³/mol. The first-order valence-electron chi connectivity index (χ1n) is 13.0. The zero-order valence-electron chi connectivity index (χ0n) is 20.6. The summed E-state index contributed by atoms with van der Waals surface area (Å²) in [5, 5.41) is 17.4. The van der Waals surface area contributed by atoms with Gasteiger partial charge in [-0.2, -0.15) is 5.10 Å². The number of sulfone groups is 1. The number of urea groups is 1. The zero-order valence-corrected chi connectivity index (χ0v) is 21.4. The van der Waals surface area contributed by atoms with E-state index in [0.717, 1.165) is 82.5 Å². The van der Waals surface area contributed by atoms with Gasteiger partial charge >= 0.3 is 6.03 Å². The van der Waals surface area contributed by atoms with E-state index in [1.807, 2.05) is 21.9 Å². The lowest BCUT2D eigenvalue weighted by atomic mass is 9.56. The average Bonchev–Trinajstić information content (AvgIpc) is 3.26. The predicted octanol–water partition coefficient (Wildman–Crippen LogP) is 2.44. The fourth-order valence-electron chi connectivity index (χ4n) is 7.25. The molecule has 2 saturated heterocycles. The minimum Gasteiger partial charge on any atom is -0.382 e. The van der Waals surface area contributed by atoms with E-state index in [0.29, 0.717) is 22.6 Å². The lowest BCUT2D eigenvalue weighted by Gasteiger charge is -2.63. The van der Waals surface area contributed by atoms with E-state index >= 15 is 0 Å². The fourth-order valence-corrected chi connectivity index (χ4v) is 7.94. The van der Waals surface area contributed by atoms with Gasteiger partial charge in [0.05, 0.1) is 4.90 Å². The second-order valence-electron chi connectivity index (χ2n) is 12.6. The van der Waals surface area contributed by atoms with Crippen molar-refractivity contribution in [2.24, 2.45) is 16.7 Å². The molecule has 0 unspecified atom stereocenters. The number of aromatic nitrogens is 3. The second-order valence-corrected chi connectivity index (χ2v) is 14.6. The highest BCUT2D eigenvalue weighted by molar-refractivity contribution is 7.90. The van der Waals surface area contributed by atoms with Crippen LogP contribution in [0.2, 0.25) is 0 Å².